The van der Waals surface area contributed by atoms with E-state index in [0.29, 0.717) is 22.6 Å². The molecule has 0 saturated carbocycles. The third-order valence-electron chi connectivity index (χ3n) is 3.64. The first-order chi connectivity index (χ1) is 12.4. The largest absolute Gasteiger partial charge is 0.546 e. The van der Waals surface area contributed by atoms with Crippen molar-refractivity contribution < 1.29 is 24.2 Å². The SMILES string of the molecule is COc1cc(/C(C)=N\NC(=O)c2ccccc2C)ccc1OCC(=O)[O-]. The number of nitrogens with zero attached hydrogens (tertiary/aromatic N) is 1. The average molecular weight is 355 g/mol. The molecule has 0 aliphatic heterocycles. The van der Waals surface area contributed by atoms with E-state index in [4.69, 9.17) is 9.47 Å². The zero-order valence-electron chi connectivity index (χ0n) is 14.7. The molecule has 7 heteroatoms. The van der Waals surface area contributed by atoms with Gasteiger partial charge in [0, 0.05) is 11.1 Å². The van der Waals surface area contributed by atoms with Gasteiger partial charge in [-0.3, -0.25) is 4.79 Å². The normalized spacial score (nSPS) is 11.0. The van der Waals surface area contributed by atoms with E-state index in [1.54, 1.807) is 37.3 Å². The summed E-state index contributed by atoms with van der Waals surface area (Å²) in [5.41, 5.74) is 5.17. The highest BCUT2D eigenvalue weighted by molar-refractivity contribution is 6.01. The molecular formula is C19H19N2O5-. The molecule has 0 atom stereocenters. The number of benzene rings is 2. The number of aliphatic carboxylic acids is 1. The van der Waals surface area contributed by atoms with E-state index < -0.39 is 12.6 Å². The lowest BCUT2D eigenvalue weighted by Gasteiger charge is -2.12. The van der Waals surface area contributed by atoms with Gasteiger partial charge in [0.15, 0.2) is 11.5 Å². The number of hydrazone groups is 1. The molecule has 0 heterocycles. The van der Waals surface area contributed by atoms with Crippen molar-refractivity contribution in [1.29, 1.82) is 0 Å². The summed E-state index contributed by atoms with van der Waals surface area (Å²) in [5.74, 6) is -1.00. The Morgan fingerprint density at radius 3 is 2.54 bits per heavy atom. The molecule has 0 aliphatic carbocycles. The topological polar surface area (TPSA) is 100 Å². The molecular weight excluding hydrogens is 336 g/mol. The molecule has 0 unspecified atom stereocenters. The van der Waals surface area contributed by atoms with Gasteiger partial charge < -0.3 is 19.4 Å². The first kappa shape index (κ1) is 19.0. The molecule has 0 radical (unpaired) electrons. The van der Waals surface area contributed by atoms with Gasteiger partial charge in [-0.1, -0.05) is 18.2 Å². The van der Waals surface area contributed by atoms with Crippen molar-refractivity contribution in [2.45, 2.75) is 13.8 Å². The molecule has 0 spiro atoms. The third kappa shape index (κ3) is 4.83. The van der Waals surface area contributed by atoms with E-state index in [9.17, 15) is 14.7 Å². The lowest BCUT2D eigenvalue weighted by Crippen LogP contribution is -2.29. The van der Waals surface area contributed by atoms with Gasteiger partial charge in [-0.05, 0) is 43.7 Å². The number of ether oxygens (including phenoxy) is 2. The van der Waals surface area contributed by atoms with Gasteiger partial charge in [-0.15, -0.1) is 0 Å². The van der Waals surface area contributed by atoms with Crippen LogP contribution in [0.1, 0.15) is 28.4 Å². The summed E-state index contributed by atoms with van der Waals surface area (Å²) < 4.78 is 10.3. The number of aryl methyl sites for hydroxylation is 1. The molecule has 0 aliphatic rings. The number of methoxy groups -OCH3 is 1. The van der Waals surface area contributed by atoms with Crippen LogP contribution in [0.25, 0.3) is 0 Å². The van der Waals surface area contributed by atoms with E-state index in [2.05, 4.69) is 10.5 Å². The van der Waals surface area contributed by atoms with Gasteiger partial charge in [0.1, 0.15) is 6.61 Å². The van der Waals surface area contributed by atoms with Gasteiger partial charge in [-0.25, -0.2) is 5.43 Å². The fourth-order valence-corrected chi connectivity index (χ4v) is 2.24. The van der Waals surface area contributed by atoms with E-state index in [0.717, 1.165) is 5.56 Å². The van der Waals surface area contributed by atoms with Crippen LogP contribution in [0, 0.1) is 6.92 Å². The van der Waals surface area contributed by atoms with Crippen LogP contribution in [0.2, 0.25) is 0 Å². The fourth-order valence-electron chi connectivity index (χ4n) is 2.24. The van der Waals surface area contributed by atoms with Crippen LogP contribution in [0.15, 0.2) is 47.6 Å². The predicted octanol–water partition coefficient (Wildman–Crippen LogP) is 1.29. The highest BCUT2D eigenvalue weighted by Gasteiger charge is 2.10. The van der Waals surface area contributed by atoms with Crippen molar-refractivity contribution >= 4 is 17.6 Å². The van der Waals surface area contributed by atoms with E-state index in [1.807, 2.05) is 19.1 Å². The monoisotopic (exact) mass is 355 g/mol. The Morgan fingerprint density at radius 2 is 1.88 bits per heavy atom. The van der Waals surface area contributed by atoms with Crippen LogP contribution < -0.4 is 20.0 Å². The second-order valence-electron chi connectivity index (χ2n) is 5.48. The number of hydrogen-bond donors (Lipinski definition) is 1. The van der Waals surface area contributed by atoms with Gasteiger partial charge in [0.25, 0.3) is 5.91 Å². The van der Waals surface area contributed by atoms with E-state index in [1.165, 1.54) is 7.11 Å². The van der Waals surface area contributed by atoms with Crippen molar-refractivity contribution in [3.63, 3.8) is 0 Å². The van der Waals surface area contributed by atoms with Crippen molar-refractivity contribution in [2.75, 3.05) is 13.7 Å². The minimum atomic E-state index is -1.33. The van der Waals surface area contributed by atoms with Crippen LogP contribution in [0.4, 0.5) is 0 Å². The molecule has 1 N–H and O–H groups in total. The summed E-state index contributed by atoms with van der Waals surface area (Å²) in [5, 5.41) is 14.6. The fraction of sp³-hybridized carbons (Fsp3) is 0.211. The molecule has 0 fully saturated rings. The Bertz CT molecular complexity index is 846. The Balaban J connectivity index is 2.14. The lowest BCUT2D eigenvalue weighted by atomic mass is 10.1. The van der Waals surface area contributed by atoms with E-state index >= 15 is 0 Å². The van der Waals surface area contributed by atoms with Crippen molar-refractivity contribution in [3.05, 3.63) is 59.2 Å². The summed E-state index contributed by atoms with van der Waals surface area (Å²) in [6.07, 6.45) is 0. The smallest absolute Gasteiger partial charge is 0.271 e. The summed E-state index contributed by atoms with van der Waals surface area (Å²) in [6.45, 7) is 3.01. The van der Waals surface area contributed by atoms with Gasteiger partial charge in [0.05, 0.1) is 18.8 Å². The number of hydrogen-bond acceptors (Lipinski definition) is 6. The highest BCUT2D eigenvalue weighted by atomic mass is 16.5. The van der Waals surface area contributed by atoms with Crippen LogP contribution in [0.3, 0.4) is 0 Å². The summed E-state index contributed by atoms with van der Waals surface area (Å²) in [4.78, 5) is 22.7. The molecule has 2 rings (SSSR count). The van der Waals surface area contributed by atoms with Gasteiger partial charge in [-0.2, -0.15) is 5.10 Å². The molecule has 7 nitrogen and oxygen atoms in total. The Morgan fingerprint density at radius 1 is 1.15 bits per heavy atom. The molecule has 0 bridgehead atoms. The Hall–Kier alpha value is -3.35. The highest BCUT2D eigenvalue weighted by Crippen LogP contribution is 2.28. The second kappa shape index (κ2) is 8.66. The third-order valence-corrected chi connectivity index (χ3v) is 3.64. The van der Waals surface area contributed by atoms with Crippen molar-refractivity contribution in [1.82, 2.24) is 5.43 Å². The zero-order valence-corrected chi connectivity index (χ0v) is 14.7. The van der Waals surface area contributed by atoms with Crippen molar-refractivity contribution in [2.24, 2.45) is 5.10 Å². The Labute approximate surface area is 151 Å². The van der Waals surface area contributed by atoms with Gasteiger partial charge in [0.2, 0.25) is 0 Å². The predicted molar refractivity (Wildman–Crippen MR) is 94.4 cm³/mol. The van der Waals surface area contributed by atoms with Crippen LogP contribution in [-0.4, -0.2) is 31.3 Å². The quantitative estimate of drug-likeness (QED) is 0.596. The zero-order chi connectivity index (χ0) is 19.1. The summed E-state index contributed by atoms with van der Waals surface area (Å²) in [6, 6.07) is 12.1. The molecule has 136 valence electrons. The number of carboxylic acid groups (broad SMARTS) is 1. The first-order valence-electron chi connectivity index (χ1n) is 7.83. The molecule has 2 aromatic carbocycles. The number of carboxylic acids is 1. The maximum atomic E-state index is 12.2. The van der Waals surface area contributed by atoms with Crippen LogP contribution in [0.5, 0.6) is 11.5 Å². The number of nitrogens with one attached hydrogen (secondary N) is 1. The van der Waals surface area contributed by atoms with Gasteiger partial charge >= 0.3 is 0 Å². The average Bonchev–Trinajstić information content (AvgIpc) is 2.64. The molecule has 0 saturated heterocycles. The van der Waals surface area contributed by atoms with Crippen LogP contribution >= 0.6 is 0 Å². The number of carbonyl (C=O) groups is 2. The summed E-state index contributed by atoms with van der Waals surface area (Å²) in [7, 11) is 1.44. The summed E-state index contributed by atoms with van der Waals surface area (Å²) >= 11 is 0. The molecule has 2 aromatic rings. The maximum Gasteiger partial charge on any atom is 0.271 e. The number of rotatable bonds is 7. The lowest BCUT2D eigenvalue weighted by molar-refractivity contribution is -0.307. The minimum Gasteiger partial charge on any atom is -0.546 e. The molecule has 26 heavy (non-hydrogen) atoms. The first-order valence-corrected chi connectivity index (χ1v) is 7.83. The number of amides is 1. The number of carbonyl (C=O) groups excluding carboxylic acids is 2. The standard InChI is InChI=1S/C19H20N2O5/c1-12-6-4-5-7-15(12)19(24)21-20-13(2)14-8-9-16(17(10-14)25-3)26-11-18(22)23/h4-10H,11H2,1-3H3,(H,21,24)(H,22,23)/p-1/b20-13-. The minimum absolute atomic E-state index is 0.275. The maximum absolute atomic E-state index is 12.2. The van der Waals surface area contributed by atoms with Crippen molar-refractivity contribution in [3.8, 4) is 11.5 Å². The Kier molecular flexibility index (Phi) is 6.32. The van der Waals surface area contributed by atoms with Crippen LogP contribution in [-0.2, 0) is 4.79 Å². The molecule has 1 amide bonds. The molecule has 0 aromatic heterocycles. The van der Waals surface area contributed by atoms with E-state index in [-0.39, 0.29) is 11.7 Å². The second-order valence-corrected chi connectivity index (χ2v) is 5.48.